The third kappa shape index (κ3) is 3.26. The number of ether oxygens (including phenoxy) is 2. The molecule has 2 N–H and O–H groups in total. The lowest BCUT2D eigenvalue weighted by molar-refractivity contribution is -0.135. The average molecular weight is 408 g/mol. The number of nitrogens with zero attached hydrogens (tertiary/aromatic N) is 1. The molecule has 2 aliphatic heterocycles. The normalized spacial score (nSPS) is 25.9. The van der Waals surface area contributed by atoms with E-state index in [0.29, 0.717) is 35.9 Å². The molecule has 0 radical (unpaired) electrons. The number of anilines is 1. The van der Waals surface area contributed by atoms with E-state index in [1.165, 1.54) is 0 Å². The molecule has 150 valence electrons. The van der Waals surface area contributed by atoms with E-state index in [4.69, 9.17) is 21.1 Å². The number of amides is 4. The SMILES string of the molecule is CCC1CCC2(CC1)NC(=O)N(CC(=O)Nc1cc3c(cc1Cl)OCO3)C2=O. The molecular weight excluding hydrogens is 386 g/mol. The summed E-state index contributed by atoms with van der Waals surface area (Å²) in [5.41, 5.74) is -0.527. The Morgan fingerprint density at radius 2 is 1.96 bits per heavy atom. The lowest BCUT2D eigenvalue weighted by Crippen LogP contribution is -2.49. The second-order valence-electron chi connectivity index (χ2n) is 7.49. The van der Waals surface area contributed by atoms with E-state index >= 15 is 0 Å². The Morgan fingerprint density at radius 3 is 2.64 bits per heavy atom. The quantitative estimate of drug-likeness (QED) is 0.748. The molecule has 9 heteroatoms. The Bertz CT molecular complexity index is 835. The molecule has 0 unspecified atom stereocenters. The van der Waals surface area contributed by atoms with Crippen LogP contribution in [0.1, 0.15) is 39.0 Å². The van der Waals surface area contributed by atoms with E-state index in [9.17, 15) is 14.4 Å². The number of carbonyl (C=O) groups excluding carboxylic acids is 3. The number of hydrogen-bond acceptors (Lipinski definition) is 5. The summed E-state index contributed by atoms with van der Waals surface area (Å²) >= 11 is 6.16. The van der Waals surface area contributed by atoms with E-state index in [-0.39, 0.29) is 24.3 Å². The number of benzene rings is 1. The van der Waals surface area contributed by atoms with Crippen molar-refractivity contribution in [2.24, 2.45) is 5.92 Å². The zero-order valence-corrected chi connectivity index (χ0v) is 16.3. The Balaban J connectivity index is 1.42. The highest BCUT2D eigenvalue weighted by atomic mass is 35.5. The molecule has 8 nitrogen and oxygen atoms in total. The summed E-state index contributed by atoms with van der Waals surface area (Å²) in [5.74, 6) is 0.728. The van der Waals surface area contributed by atoms with Crippen LogP contribution in [0.5, 0.6) is 11.5 Å². The topological polar surface area (TPSA) is 97.0 Å². The summed E-state index contributed by atoms with van der Waals surface area (Å²) in [4.78, 5) is 38.7. The van der Waals surface area contributed by atoms with Gasteiger partial charge in [-0.3, -0.25) is 14.5 Å². The van der Waals surface area contributed by atoms with Crippen LogP contribution >= 0.6 is 11.6 Å². The molecule has 0 bridgehead atoms. The third-order valence-electron chi connectivity index (χ3n) is 5.82. The monoisotopic (exact) mass is 407 g/mol. The highest BCUT2D eigenvalue weighted by molar-refractivity contribution is 6.34. The second kappa shape index (κ2) is 7.16. The Kier molecular flexibility index (Phi) is 4.82. The summed E-state index contributed by atoms with van der Waals surface area (Å²) in [7, 11) is 0. The predicted octanol–water partition coefficient (Wildman–Crippen LogP) is 2.90. The Hall–Kier alpha value is -2.48. The number of nitrogens with one attached hydrogen (secondary N) is 2. The van der Waals surface area contributed by atoms with Gasteiger partial charge in [0.1, 0.15) is 12.1 Å². The summed E-state index contributed by atoms with van der Waals surface area (Å²) in [6.07, 6.45) is 4.09. The highest BCUT2D eigenvalue weighted by Crippen LogP contribution is 2.40. The molecule has 1 aliphatic carbocycles. The Morgan fingerprint density at radius 1 is 1.29 bits per heavy atom. The number of urea groups is 1. The molecule has 1 aromatic rings. The number of imide groups is 1. The van der Waals surface area contributed by atoms with Gasteiger partial charge in [-0.25, -0.2) is 4.79 Å². The van der Waals surface area contributed by atoms with Crippen LogP contribution in [-0.4, -0.2) is 41.6 Å². The van der Waals surface area contributed by atoms with Crippen LogP contribution in [0.15, 0.2) is 12.1 Å². The van der Waals surface area contributed by atoms with Crippen molar-refractivity contribution >= 4 is 35.1 Å². The van der Waals surface area contributed by atoms with Crippen LogP contribution < -0.4 is 20.1 Å². The molecule has 1 aromatic carbocycles. The minimum Gasteiger partial charge on any atom is -0.454 e. The molecule has 2 heterocycles. The number of rotatable bonds is 4. The fourth-order valence-corrected chi connectivity index (χ4v) is 4.28. The predicted molar refractivity (Wildman–Crippen MR) is 101 cm³/mol. The van der Waals surface area contributed by atoms with E-state index in [2.05, 4.69) is 17.6 Å². The number of fused-ring (bicyclic) bond motifs is 1. The van der Waals surface area contributed by atoms with Gasteiger partial charge in [-0.1, -0.05) is 24.9 Å². The van der Waals surface area contributed by atoms with Gasteiger partial charge in [-0.15, -0.1) is 0 Å². The van der Waals surface area contributed by atoms with E-state index in [1.54, 1.807) is 12.1 Å². The molecule has 28 heavy (non-hydrogen) atoms. The van der Waals surface area contributed by atoms with Gasteiger partial charge in [-0.05, 0) is 31.6 Å². The lowest BCUT2D eigenvalue weighted by Gasteiger charge is -2.34. The average Bonchev–Trinajstić information content (AvgIpc) is 3.21. The summed E-state index contributed by atoms with van der Waals surface area (Å²) in [6.45, 7) is 1.86. The van der Waals surface area contributed by atoms with Gasteiger partial charge in [-0.2, -0.15) is 0 Å². The van der Waals surface area contributed by atoms with Gasteiger partial charge in [0.15, 0.2) is 11.5 Å². The van der Waals surface area contributed by atoms with Gasteiger partial charge >= 0.3 is 6.03 Å². The molecule has 1 saturated carbocycles. The van der Waals surface area contributed by atoms with Gasteiger partial charge in [0.05, 0.1) is 10.7 Å². The first kappa shape index (κ1) is 18.9. The van der Waals surface area contributed by atoms with Crippen molar-refractivity contribution in [3.63, 3.8) is 0 Å². The van der Waals surface area contributed by atoms with Crippen molar-refractivity contribution in [2.45, 2.75) is 44.6 Å². The maximum atomic E-state index is 12.9. The third-order valence-corrected chi connectivity index (χ3v) is 6.13. The number of carbonyl (C=O) groups is 3. The molecule has 1 spiro atoms. The first-order valence-corrected chi connectivity index (χ1v) is 9.83. The van der Waals surface area contributed by atoms with Gasteiger partial charge in [0.2, 0.25) is 12.7 Å². The van der Waals surface area contributed by atoms with Crippen molar-refractivity contribution in [2.75, 3.05) is 18.7 Å². The minimum atomic E-state index is -0.862. The van der Waals surface area contributed by atoms with Gasteiger partial charge < -0.3 is 20.1 Å². The number of hydrogen-bond donors (Lipinski definition) is 2. The summed E-state index contributed by atoms with van der Waals surface area (Å²) in [6, 6.07) is 2.59. The van der Waals surface area contributed by atoms with Crippen molar-refractivity contribution in [3.8, 4) is 11.5 Å². The van der Waals surface area contributed by atoms with Crippen molar-refractivity contribution < 1.29 is 23.9 Å². The van der Waals surface area contributed by atoms with Crippen LogP contribution in [-0.2, 0) is 9.59 Å². The lowest BCUT2D eigenvalue weighted by atomic mass is 9.75. The molecule has 0 aromatic heterocycles. The van der Waals surface area contributed by atoms with Crippen LogP contribution in [0.2, 0.25) is 5.02 Å². The van der Waals surface area contributed by atoms with Gasteiger partial charge in [0.25, 0.3) is 5.91 Å². The standard InChI is InChI=1S/C19H22ClN3O5/c1-2-11-3-5-19(6-4-11)17(25)23(18(26)22-19)9-16(24)21-13-8-15-14(7-12(13)20)27-10-28-15/h7-8,11H,2-6,9-10H2,1H3,(H,21,24)(H,22,26). The minimum absolute atomic E-state index is 0.0898. The zero-order valence-electron chi connectivity index (χ0n) is 15.5. The maximum absolute atomic E-state index is 12.9. The van der Waals surface area contributed by atoms with Crippen LogP contribution in [0.4, 0.5) is 10.5 Å². The maximum Gasteiger partial charge on any atom is 0.325 e. The van der Waals surface area contributed by atoms with Crippen molar-refractivity contribution in [3.05, 3.63) is 17.2 Å². The van der Waals surface area contributed by atoms with Crippen LogP contribution in [0.3, 0.4) is 0 Å². The second-order valence-corrected chi connectivity index (χ2v) is 7.90. The molecule has 2 fully saturated rings. The molecule has 0 atom stereocenters. The Labute approximate surface area is 167 Å². The first-order valence-electron chi connectivity index (χ1n) is 9.45. The van der Waals surface area contributed by atoms with E-state index in [1.807, 2.05) is 0 Å². The first-order chi connectivity index (χ1) is 13.4. The van der Waals surface area contributed by atoms with Gasteiger partial charge in [0, 0.05) is 12.1 Å². The molecule has 4 amide bonds. The zero-order chi connectivity index (χ0) is 19.9. The fraction of sp³-hybridized carbons (Fsp3) is 0.526. The van der Waals surface area contributed by atoms with E-state index in [0.717, 1.165) is 24.2 Å². The van der Waals surface area contributed by atoms with E-state index < -0.39 is 17.5 Å². The largest absolute Gasteiger partial charge is 0.454 e. The fourth-order valence-electron chi connectivity index (χ4n) is 4.08. The van der Waals surface area contributed by atoms with Crippen molar-refractivity contribution in [1.29, 1.82) is 0 Å². The highest BCUT2D eigenvalue weighted by Gasteiger charge is 2.52. The molecule has 4 rings (SSSR count). The van der Waals surface area contributed by atoms with Crippen LogP contribution in [0, 0.1) is 5.92 Å². The molecule has 1 saturated heterocycles. The van der Waals surface area contributed by atoms with Crippen molar-refractivity contribution in [1.82, 2.24) is 10.2 Å². The summed E-state index contributed by atoms with van der Waals surface area (Å²) in [5, 5.41) is 5.74. The van der Waals surface area contributed by atoms with Crippen LogP contribution in [0.25, 0.3) is 0 Å². The summed E-state index contributed by atoms with van der Waals surface area (Å²) < 4.78 is 10.5. The number of halogens is 1. The molecule has 3 aliphatic rings. The molecular formula is C19H22ClN3O5. The smallest absolute Gasteiger partial charge is 0.325 e.